The number of aliphatic hydroxyl groups is 1. The lowest BCUT2D eigenvalue weighted by Crippen LogP contribution is -2.46. The fraction of sp³-hybridized carbons (Fsp3) is 0.286. The molecule has 3 atom stereocenters. The number of esters is 1. The van der Waals surface area contributed by atoms with Crippen molar-refractivity contribution in [2.45, 2.75) is 51.3 Å². The number of aromatic nitrogens is 1. The van der Waals surface area contributed by atoms with Crippen molar-refractivity contribution in [3.8, 4) is 40.5 Å². The summed E-state index contributed by atoms with van der Waals surface area (Å²) in [5.41, 5.74) is 3.09. The summed E-state index contributed by atoms with van der Waals surface area (Å²) < 4.78 is 31.7. The Bertz CT molecular complexity index is 1360. The number of pyridine rings is 1. The van der Waals surface area contributed by atoms with Crippen LogP contribution in [0.3, 0.4) is 0 Å². The van der Waals surface area contributed by atoms with Crippen LogP contribution in [0.15, 0.2) is 54.6 Å². The Balaban J connectivity index is 2.37. The highest BCUT2D eigenvalue weighted by molar-refractivity contribution is 7.42. The number of nitrogens with zero attached hydrogens (tertiary/aromatic N) is 1. The van der Waals surface area contributed by atoms with Crippen molar-refractivity contribution in [2.75, 3.05) is 0 Å². The summed E-state index contributed by atoms with van der Waals surface area (Å²) in [4.78, 5) is 28.1. The van der Waals surface area contributed by atoms with Crippen LogP contribution in [0, 0.1) is 25.1 Å². The molecule has 1 heterocycles. The Labute approximate surface area is 211 Å². The van der Waals surface area contributed by atoms with E-state index < -0.39 is 36.5 Å². The second-order valence-electron chi connectivity index (χ2n) is 9.63. The summed E-state index contributed by atoms with van der Waals surface area (Å²) in [7, 11) is -3.77. The van der Waals surface area contributed by atoms with Gasteiger partial charge >= 0.3 is 5.97 Å². The summed E-state index contributed by atoms with van der Waals surface area (Å²) in [6.45, 7) is 8.73. The normalized spacial score (nSPS) is 14.9. The molecule has 3 aromatic rings. The zero-order valence-corrected chi connectivity index (χ0v) is 21.8. The second kappa shape index (κ2) is 10.4. The molecule has 0 spiro atoms. The summed E-state index contributed by atoms with van der Waals surface area (Å²) in [6.07, 6.45) is 3.81. The van der Waals surface area contributed by atoms with Crippen molar-refractivity contribution in [1.29, 1.82) is 0 Å². The smallest absolute Gasteiger partial charge is 0.342 e. The molecule has 8 heteroatoms. The Hall–Kier alpha value is -3.30. The van der Waals surface area contributed by atoms with E-state index in [1.54, 1.807) is 6.07 Å². The molecule has 6 nitrogen and oxygen atoms in total. The van der Waals surface area contributed by atoms with E-state index >= 15 is 0 Å². The molecule has 3 unspecified atom stereocenters. The molecule has 1 aromatic heterocycles. The van der Waals surface area contributed by atoms with Gasteiger partial charge in [0.15, 0.2) is 5.75 Å². The minimum absolute atomic E-state index is 0.0139. The van der Waals surface area contributed by atoms with Crippen LogP contribution in [-0.4, -0.2) is 32.2 Å². The fourth-order valence-electron chi connectivity index (χ4n) is 3.84. The predicted molar refractivity (Wildman–Crippen MR) is 139 cm³/mol. The molecule has 0 aliphatic carbocycles. The number of hydrogen-bond acceptors (Lipinski definition) is 5. The van der Waals surface area contributed by atoms with E-state index in [4.69, 9.17) is 16.1 Å². The van der Waals surface area contributed by atoms with Crippen LogP contribution in [0.5, 0.6) is 5.75 Å². The molecule has 0 amide bonds. The zero-order valence-electron chi connectivity index (χ0n) is 20.8. The number of ether oxygens (including phenoxy) is 1. The van der Waals surface area contributed by atoms with E-state index in [0.29, 0.717) is 22.5 Å². The number of aryl methyl sites for hydroxylation is 1. The maximum atomic E-state index is 13.8. The lowest BCUT2D eigenvalue weighted by molar-refractivity contribution is -0.138. The second-order valence-corrected chi connectivity index (χ2v) is 11.0. The molecule has 36 heavy (non-hydrogen) atoms. The molecule has 0 aliphatic heterocycles. The molecule has 0 fully saturated rings. The third-order valence-electron chi connectivity index (χ3n) is 5.97. The van der Waals surface area contributed by atoms with Gasteiger partial charge in [0.2, 0.25) is 13.2 Å². The molecule has 0 bridgehead atoms. The van der Waals surface area contributed by atoms with Crippen molar-refractivity contribution < 1.29 is 28.5 Å². The highest BCUT2D eigenvalue weighted by Gasteiger charge is 2.49. The van der Waals surface area contributed by atoms with Gasteiger partial charge in [-0.1, -0.05) is 63.1 Å². The van der Waals surface area contributed by atoms with Gasteiger partial charge in [0.05, 0.1) is 17.5 Å². The molecule has 2 aromatic carbocycles. The number of benzene rings is 2. The van der Waals surface area contributed by atoms with Crippen LogP contribution >= 0.6 is 8.03 Å². The maximum absolute atomic E-state index is 13.8. The summed E-state index contributed by atoms with van der Waals surface area (Å²) in [6, 6.07) is 15.0. The van der Waals surface area contributed by atoms with E-state index in [2.05, 4.69) is 0 Å². The van der Waals surface area contributed by atoms with Gasteiger partial charge in [0.1, 0.15) is 5.82 Å². The van der Waals surface area contributed by atoms with E-state index in [-0.39, 0.29) is 5.75 Å². The van der Waals surface area contributed by atoms with Gasteiger partial charge in [0, 0.05) is 16.5 Å². The number of carbonyl (C=O) groups is 1. The van der Waals surface area contributed by atoms with E-state index in [1.807, 2.05) is 57.9 Å². The first-order valence-corrected chi connectivity index (χ1v) is 12.7. The molecule has 2 N–H and O–H groups in total. The van der Waals surface area contributed by atoms with Crippen LogP contribution in [0.1, 0.15) is 39.0 Å². The average Bonchev–Trinajstić information content (AvgIpc) is 2.80. The van der Waals surface area contributed by atoms with Crippen molar-refractivity contribution in [1.82, 2.24) is 4.98 Å². The Morgan fingerprint density at radius 1 is 1.14 bits per heavy atom. The predicted octanol–water partition coefficient (Wildman–Crippen LogP) is 5.29. The quantitative estimate of drug-likeness (QED) is 0.266. The molecule has 0 aliphatic rings. The Morgan fingerprint density at radius 2 is 1.75 bits per heavy atom. The first-order valence-electron chi connectivity index (χ1n) is 11.3. The van der Waals surface area contributed by atoms with Crippen molar-refractivity contribution in [3.63, 3.8) is 0 Å². The third kappa shape index (κ3) is 5.12. The standard InChI is InChI=1S/C28H29FNO5P/c1-7-28(18(3)31,36(33)34)26(32)35-24-22(19-12-14-20(29)15-13-19)16-23(30-25(24)27(4,5)6)21-11-9-8-10-17(21)2/h1,8-16,18,31,36H,2-6H3,(H,33,34). The molecule has 0 radical (unpaired) electrons. The van der Waals surface area contributed by atoms with E-state index in [1.165, 1.54) is 24.3 Å². The monoisotopic (exact) mass is 509 g/mol. The lowest BCUT2D eigenvalue weighted by Gasteiger charge is -2.29. The molecule has 188 valence electrons. The van der Waals surface area contributed by atoms with Gasteiger partial charge in [-0.3, -0.25) is 4.57 Å². The van der Waals surface area contributed by atoms with Crippen molar-refractivity contribution >= 4 is 14.0 Å². The number of halogens is 1. The van der Waals surface area contributed by atoms with Crippen LogP contribution in [0.2, 0.25) is 0 Å². The molecular weight excluding hydrogens is 480 g/mol. The van der Waals surface area contributed by atoms with Gasteiger partial charge in [-0.25, -0.2) is 14.2 Å². The fourth-order valence-corrected chi connectivity index (χ4v) is 4.54. The van der Waals surface area contributed by atoms with Crippen LogP contribution in [0.25, 0.3) is 22.4 Å². The minimum atomic E-state index is -3.77. The Morgan fingerprint density at radius 3 is 2.25 bits per heavy atom. The molecular formula is C28H29FNO5P. The summed E-state index contributed by atoms with van der Waals surface area (Å²) in [5, 5.41) is 7.77. The highest BCUT2D eigenvalue weighted by atomic mass is 31.1. The number of aliphatic hydroxyl groups excluding tert-OH is 1. The molecule has 0 saturated carbocycles. The third-order valence-corrected chi connectivity index (χ3v) is 7.41. The number of rotatable bonds is 6. The molecule has 3 rings (SSSR count). The first kappa shape index (κ1) is 27.3. The Kier molecular flexibility index (Phi) is 7.85. The number of terminal acetylenes is 1. The lowest BCUT2D eigenvalue weighted by atomic mass is 9.87. The van der Waals surface area contributed by atoms with E-state index in [0.717, 1.165) is 18.1 Å². The van der Waals surface area contributed by atoms with Crippen molar-refractivity contribution in [3.05, 3.63) is 71.7 Å². The average molecular weight is 510 g/mol. The van der Waals surface area contributed by atoms with Gasteiger partial charge in [0.25, 0.3) is 0 Å². The summed E-state index contributed by atoms with van der Waals surface area (Å²) >= 11 is 0. The van der Waals surface area contributed by atoms with Crippen LogP contribution in [-0.2, 0) is 14.8 Å². The van der Waals surface area contributed by atoms with Crippen LogP contribution < -0.4 is 4.74 Å². The number of hydrogen-bond donors (Lipinski definition) is 2. The molecule has 0 saturated heterocycles. The van der Waals surface area contributed by atoms with Gasteiger partial charge < -0.3 is 14.7 Å². The highest BCUT2D eigenvalue weighted by Crippen LogP contribution is 2.44. The zero-order chi connectivity index (χ0) is 26.8. The number of carbonyl (C=O) groups excluding carboxylic acids is 1. The topological polar surface area (TPSA) is 96.7 Å². The van der Waals surface area contributed by atoms with Crippen LogP contribution in [0.4, 0.5) is 4.39 Å². The van der Waals surface area contributed by atoms with Gasteiger partial charge in [-0.15, -0.1) is 6.42 Å². The summed E-state index contributed by atoms with van der Waals surface area (Å²) in [5.74, 6) is 0.318. The van der Waals surface area contributed by atoms with Gasteiger partial charge in [-0.05, 0) is 43.2 Å². The van der Waals surface area contributed by atoms with E-state index in [9.17, 15) is 23.7 Å². The largest absolute Gasteiger partial charge is 0.422 e. The SMILES string of the molecule is C#CC(C(=O)Oc1c(-c2ccc(F)cc2)cc(-c2ccccc2C)nc1C(C)(C)C)(C(C)O)[PH](=O)O. The van der Waals surface area contributed by atoms with Crippen molar-refractivity contribution in [2.24, 2.45) is 0 Å². The van der Waals surface area contributed by atoms with Gasteiger partial charge in [-0.2, -0.15) is 0 Å². The minimum Gasteiger partial charge on any atom is -0.422 e. The maximum Gasteiger partial charge on any atom is 0.342 e. The first-order chi connectivity index (χ1) is 16.8.